The molecule has 31 heavy (non-hydrogen) atoms. The zero-order valence-corrected chi connectivity index (χ0v) is 17.4. The van der Waals surface area contributed by atoms with Crippen LogP contribution in [-0.2, 0) is 0 Å². The van der Waals surface area contributed by atoms with Crippen LogP contribution in [0.1, 0.15) is 22.7 Å². The lowest BCUT2D eigenvalue weighted by Gasteiger charge is -2.14. The van der Waals surface area contributed by atoms with Crippen molar-refractivity contribution >= 4 is 28.8 Å². The molecule has 150 valence electrons. The number of hydrogen-bond donors (Lipinski definition) is 0. The first-order valence-electron chi connectivity index (χ1n) is 10.1. The van der Waals surface area contributed by atoms with Gasteiger partial charge in [-0.25, -0.2) is 0 Å². The molecule has 0 N–H and O–H groups in total. The van der Waals surface area contributed by atoms with E-state index in [9.17, 15) is 0 Å². The fourth-order valence-corrected chi connectivity index (χ4v) is 3.88. The molecule has 4 aromatic carbocycles. The maximum atomic E-state index is 6.10. The summed E-state index contributed by atoms with van der Waals surface area (Å²) in [6, 6.07) is 34.2. The largest absolute Gasteiger partial charge is 0.356 e. The zero-order chi connectivity index (χ0) is 21.0. The van der Waals surface area contributed by atoms with Crippen molar-refractivity contribution in [2.75, 3.05) is 0 Å². The van der Waals surface area contributed by atoms with Gasteiger partial charge in [-0.05, 0) is 23.3 Å². The number of nitrogens with zero attached hydrogens (tertiary/aromatic N) is 2. The van der Waals surface area contributed by atoms with E-state index < -0.39 is 0 Å². The van der Waals surface area contributed by atoms with Crippen LogP contribution in [-0.4, -0.2) is 11.4 Å². The van der Waals surface area contributed by atoms with E-state index in [2.05, 4.69) is 29.4 Å². The van der Waals surface area contributed by atoms with Crippen molar-refractivity contribution in [1.82, 2.24) is 5.16 Å². The molecule has 0 aliphatic carbocycles. The second kappa shape index (κ2) is 8.58. The van der Waals surface area contributed by atoms with Crippen LogP contribution in [0.3, 0.4) is 0 Å². The molecular formula is C27H19ClN2O. The summed E-state index contributed by atoms with van der Waals surface area (Å²) in [6.45, 7) is 0. The van der Waals surface area contributed by atoms with Gasteiger partial charge in [-0.2, -0.15) is 0 Å². The van der Waals surface area contributed by atoms with Crippen molar-refractivity contribution in [1.29, 1.82) is 0 Å². The van der Waals surface area contributed by atoms with E-state index in [0.717, 1.165) is 33.3 Å². The fourth-order valence-electron chi connectivity index (χ4n) is 3.72. The van der Waals surface area contributed by atoms with Gasteiger partial charge in [0.1, 0.15) is 5.69 Å². The first-order valence-corrected chi connectivity index (χ1v) is 10.4. The monoisotopic (exact) mass is 422 g/mol. The van der Waals surface area contributed by atoms with Crippen molar-refractivity contribution in [2.24, 2.45) is 4.99 Å². The summed E-state index contributed by atoms with van der Waals surface area (Å²) in [7, 11) is 0. The molecule has 0 aliphatic heterocycles. The molecule has 0 fully saturated rings. The Morgan fingerprint density at radius 2 is 1.42 bits per heavy atom. The second-order valence-electron chi connectivity index (χ2n) is 7.26. The van der Waals surface area contributed by atoms with Crippen LogP contribution in [0.25, 0.3) is 22.2 Å². The first kappa shape index (κ1) is 19.3. The van der Waals surface area contributed by atoms with Gasteiger partial charge in [0, 0.05) is 33.8 Å². The molecule has 4 heteroatoms. The number of halogens is 1. The third kappa shape index (κ3) is 4.00. The van der Waals surface area contributed by atoms with Crippen molar-refractivity contribution < 1.29 is 4.52 Å². The average Bonchev–Trinajstić information content (AvgIpc) is 3.24. The van der Waals surface area contributed by atoms with Crippen molar-refractivity contribution in [3.63, 3.8) is 0 Å². The van der Waals surface area contributed by atoms with Gasteiger partial charge < -0.3 is 4.52 Å². The Bertz CT molecular complexity index is 1300. The number of fused-ring (bicyclic) bond motifs is 1. The van der Waals surface area contributed by atoms with Crippen molar-refractivity contribution in [3.8, 4) is 11.3 Å². The molecule has 5 aromatic rings. The maximum Gasteiger partial charge on any atom is 0.169 e. The summed E-state index contributed by atoms with van der Waals surface area (Å²) >= 11 is 6.10. The molecular weight excluding hydrogens is 404 g/mol. The molecule has 0 amide bonds. The molecule has 0 aliphatic rings. The maximum absolute atomic E-state index is 6.10. The molecule has 3 nitrogen and oxygen atoms in total. The Labute approximate surface area is 185 Å². The summed E-state index contributed by atoms with van der Waals surface area (Å²) in [5.74, 6) is 0. The SMILES string of the molecule is Clc1ccc2c(-c3ccccc3C=NC(c3ccccc3)c3ccccc3)noc2c1. The van der Waals surface area contributed by atoms with E-state index in [-0.39, 0.29) is 6.04 Å². The Balaban J connectivity index is 1.58. The molecule has 0 atom stereocenters. The number of benzene rings is 4. The quantitative estimate of drug-likeness (QED) is 0.277. The minimum absolute atomic E-state index is 0.0942. The molecule has 0 unspecified atom stereocenters. The highest BCUT2D eigenvalue weighted by Crippen LogP contribution is 2.32. The smallest absolute Gasteiger partial charge is 0.169 e. The minimum Gasteiger partial charge on any atom is -0.356 e. The van der Waals surface area contributed by atoms with E-state index in [1.165, 1.54) is 0 Å². The van der Waals surface area contributed by atoms with Gasteiger partial charge >= 0.3 is 0 Å². The third-order valence-electron chi connectivity index (χ3n) is 5.24. The van der Waals surface area contributed by atoms with Crippen LogP contribution in [0.2, 0.25) is 5.02 Å². The Morgan fingerprint density at radius 3 is 2.13 bits per heavy atom. The standard InChI is InChI=1S/C27H19ClN2O/c28-22-15-16-24-25(17-22)31-30-27(24)23-14-8-7-13-21(23)18-29-26(19-9-3-1-4-10-19)20-11-5-2-6-12-20/h1-18,26H. The molecule has 0 bridgehead atoms. The molecule has 0 spiro atoms. The van der Waals surface area contributed by atoms with Gasteiger partial charge in [0.15, 0.2) is 5.58 Å². The minimum atomic E-state index is -0.0942. The van der Waals surface area contributed by atoms with Gasteiger partial charge in [-0.15, -0.1) is 0 Å². The van der Waals surface area contributed by atoms with Crippen molar-refractivity contribution in [3.05, 3.63) is 125 Å². The average molecular weight is 423 g/mol. The van der Waals surface area contributed by atoms with Gasteiger partial charge in [-0.3, -0.25) is 4.99 Å². The van der Waals surface area contributed by atoms with E-state index in [4.69, 9.17) is 21.1 Å². The van der Waals surface area contributed by atoms with Gasteiger partial charge in [-0.1, -0.05) is 102 Å². The predicted octanol–water partition coefficient (Wildman–Crippen LogP) is 7.36. The Hall–Kier alpha value is -3.69. The lowest BCUT2D eigenvalue weighted by molar-refractivity contribution is 0.459. The normalized spacial score (nSPS) is 11.5. The van der Waals surface area contributed by atoms with Gasteiger partial charge in [0.25, 0.3) is 0 Å². The lowest BCUT2D eigenvalue weighted by Crippen LogP contribution is -1.99. The van der Waals surface area contributed by atoms with E-state index in [1.807, 2.05) is 79.0 Å². The van der Waals surface area contributed by atoms with Gasteiger partial charge in [0.2, 0.25) is 0 Å². The molecule has 1 aromatic heterocycles. The lowest BCUT2D eigenvalue weighted by atomic mass is 9.99. The Kier molecular flexibility index (Phi) is 5.34. The van der Waals surface area contributed by atoms with E-state index >= 15 is 0 Å². The number of hydrogen-bond acceptors (Lipinski definition) is 3. The van der Waals surface area contributed by atoms with E-state index in [0.29, 0.717) is 10.6 Å². The van der Waals surface area contributed by atoms with Crippen molar-refractivity contribution in [2.45, 2.75) is 6.04 Å². The highest BCUT2D eigenvalue weighted by molar-refractivity contribution is 6.31. The first-order chi connectivity index (χ1) is 15.3. The Morgan fingerprint density at radius 1 is 0.774 bits per heavy atom. The molecule has 5 rings (SSSR count). The van der Waals surface area contributed by atoms with Crippen LogP contribution in [0.5, 0.6) is 0 Å². The van der Waals surface area contributed by atoms with Crippen LogP contribution >= 0.6 is 11.6 Å². The number of rotatable bonds is 5. The summed E-state index contributed by atoms with van der Waals surface area (Å²) in [4.78, 5) is 4.99. The van der Waals surface area contributed by atoms with Gasteiger partial charge in [0.05, 0.1) is 6.04 Å². The summed E-state index contributed by atoms with van der Waals surface area (Å²) in [5, 5.41) is 5.86. The van der Waals surface area contributed by atoms with Crippen LogP contribution < -0.4 is 0 Å². The fraction of sp³-hybridized carbons (Fsp3) is 0.0370. The molecule has 0 saturated carbocycles. The number of aliphatic imine (C=N–C) groups is 1. The topological polar surface area (TPSA) is 38.4 Å². The van der Waals surface area contributed by atoms with Crippen LogP contribution in [0.4, 0.5) is 0 Å². The predicted molar refractivity (Wildman–Crippen MR) is 127 cm³/mol. The second-order valence-corrected chi connectivity index (χ2v) is 7.70. The number of aromatic nitrogens is 1. The molecule has 0 saturated heterocycles. The summed E-state index contributed by atoms with van der Waals surface area (Å²) in [6.07, 6.45) is 1.93. The molecule has 0 radical (unpaired) electrons. The highest BCUT2D eigenvalue weighted by Gasteiger charge is 2.15. The van der Waals surface area contributed by atoms with E-state index in [1.54, 1.807) is 6.07 Å². The van der Waals surface area contributed by atoms with Crippen LogP contribution in [0.15, 0.2) is 113 Å². The summed E-state index contributed by atoms with van der Waals surface area (Å²) < 4.78 is 5.52. The molecule has 1 heterocycles. The zero-order valence-electron chi connectivity index (χ0n) is 16.7. The highest BCUT2D eigenvalue weighted by atomic mass is 35.5. The summed E-state index contributed by atoms with van der Waals surface area (Å²) in [5.41, 5.74) is 5.68. The third-order valence-corrected chi connectivity index (χ3v) is 5.48. The van der Waals surface area contributed by atoms with Crippen LogP contribution in [0, 0.1) is 0 Å².